The van der Waals surface area contributed by atoms with Gasteiger partial charge in [0.1, 0.15) is 15.9 Å². The van der Waals surface area contributed by atoms with Gasteiger partial charge in [-0.15, -0.1) is 0 Å². The smallest absolute Gasteiger partial charge is 0.339 e. The molecule has 0 bridgehead atoms. The molecule has 8 nitrogen and oxygen atoms in total. The quantitative estimate of drug-likeness (QED) is 0.694. The maximum absolute atomic E-state index is 12.8. The zero-order valence-electron chi connectivity index (χ0n) is 12.8. The third kappa shape index (κ3) is 3.15. The second-order valence-corrected chi connectivity index (χ2v) is 7.04. The molecular weight excluding hydrogens is 364 g/mol. The molecule has 0 fully saturated rings. The van der Waals surface area contributed by atoms with Crippen LogP contribution in [0, 0.1) is 11.3 Å². The highest BCUT2D eigenvalue weighted by Gasteiger charge is 2.23. The van der Waals surface area contributed by atoms with Gasteiger partial charge in [-0.2, -0.15) is 14.0 Å². The first-order chi connectivity index (χ1) is 12.0. The molecule has 0 saturated carbocycles. The van der Waals surface area contributed by atoms with E-state index in [1.165, 1.54) is 31.4 Å². The monoisotopic (exact) mass is 374 g/mol. The van der Waals surface area contributed by atoms with Crippen LogP contribution in [0.15, 0.2) is 41.3 Å². The number of nitrogens with one attached hydrogen (secondary N) is 1. The van der Waals surface area contributed by atoms with Crippen LogP contribution in [-0.2, 0) is 14.8 Å². The van der Waals surface area contributed by atoms with Crippen molar-refractivity contribution in [2.24, 2.45) is 0 Å². The summed E-state index contributed by atoms with van der Waals surface area (Å²) in [6.45, 7) is 0. The first kappa shape index (κ1) is 16.8. The average molecular weight is 374 g/mol. The lowest BCUT2D eigenvalue weighted by Crippen LogP contribution is -2.16. The van der Waals surface area contributed by atoms with Gasteiger partial charge in [0, 0.05) is 0 Å². The van der Waals surface area contributed by atoms with Gasteiger partial charge in [-0.1, -0.05) is 6.07 Å². The molecule has 2 aromatic carbocycles. The van der Waals surface area contributed by atoms with Crippen LogP contribution in [0.4, 0.5) is 5.69 Å². The molecule has 0 aliphatic carbocycles. The number of ether oxygens (including phenoxy) is 1. The topological polar surface area (TPSA) is 122 Å². The largest absolute Gasteiger partial charge is 0.465 e. The predicted octanol–water partition coefficient (Wildman–Crippen LogP) is 2.15. The standard InChI is InChI=1S/C15H10N4O4S2/c1-23-15(20)10-6-5-9(8-16)7-12(10)19-25(21,22)13-4-2-3-11-14(13)18-24-17-11/h2-7,19H,1H3. The summed E-state index contributed by atoms with van der Waals surface area (Å²) in [5.74, 6) is -0.726. The van der Waals surface area contributed by atoms with Crippen molar-refractivity contribution in [1.29, 1.82) is 5.26 Å². The minimum Gasteiger partial charge on any atom is -0.465 e. The molecule has 0 saturated heterocycles. The zero-order chi connectivity index (χ0) is 18.0. The number of sulfonamides is 1. The van der Waals surface area contributed by atoms with Crippen molar-refractivity contribution in [3.63, 3.8) is 0 Å². The van der Waals surface area contributed by atoms with Gasteiger partial charge in [0.2, 0.25) is 0 Å². The fraction of sp³-hybridized carbons (Fsp3) is 0.0667. The first-order valence-electron chi connectivity index (χ1n) is 6.83. The molecule has 0 radical (unpaired) electrons. The molecule has 126 valence electrons. The predicted molar refractivity (Wildman–Crippen MR) is 90.7 cm³/mol. The Labute approximate surface area is 147 Å². The van der Waals surface area contributed by atoms with E-state index < -0.39 is 16.0 Å². The molecule has 0 unspecified atom stereocenters. The number of benzene rings is 2. The summed E-state index contributed by atoms with van der Waals surface area (Å²) in [6.07, 6.45) is 0. The van der Waals surface area contributed by atoms with Crippen molar-refractivity contribution < 1.29 is 17.9 Å². The summed E-state index contributed by atoms with van der Waals surface area (Å²) in [7, 11) is -2.88. The van der Waals surface area contributed by atoms with Crippen LogP contribution in [0.3, 0.4) is 0 Å². The summed E-state index contributed by atoms with van der Waals surface area (Å²) >= 11 is 0.898. The first-order valence-corrected chi connectivity index (χ1v) is 9.04. The van der Waals surface area contributed by atoms with Gasteiger partial charge < -0.3 is 4.74 Å². The lowest BCUT2D eigenvalue weighted by atomic mass is 10.1. The third-order valence-corrected chi connectivity index (χ3v) is 5.28. The maximum atomic E-state index is 12.8. The molecule has 0 spiro atoms. The molecular formula is C15H10N4O4S2. The Kier molecular flexibility index (Phi) is 4.35. The minimum absolute atomic E-state index is 0.00588. The SMILES string of the molecule is COC(=O)c1ccc(C#N)cc1NS(=O)(=O)c1cccc2nsnc12. The number of aromatic nitrogens is 2. The van der Waals surface area contributed by atoms with E-state index in [-0.39, 0.29) is 27.2 Å². The Hall–Kier alpha value is -3.03. The third-order valence-electron chi connectivity index (χ3n) is 3.34. The number of anilines is 1. The van der Waals surface area contributed by atoms with E-state index in [9.17, 15) is 13.2 Å². The lowest BCUT2D eigenvalue weighted by molar-refractivity contribution is 0.0602. The summed E-state index contributed by atoms with van der Waals surface area (Å²) in [4.78, 5) is 11.8. The molecule has 25 heavy (non-hydrogen) atoms. The molecule has 1 heterocycles. The highest BCUT2D eigenvalue weighted by atomic mass is 32.2. The van der Waals surface area contributed by atoms with E-state index in [0.717, 1.165) is 11.7 Å². The lowest BCUT2D eigenvalue weighted by Gasteiger charge is -2.12. The zero-order valence-corrected chi connectivity index (χ0v) is 14.4. The molecule has 0 aliphatic heterocycles. The Morgan fingerprint density at radius 1 is 1.28 bits per heavy atom. The molecule has 0 atom stereocenters. The minimum atomic E-state index is -4.06. The fourth-order valence-electron chi connectivity index (χ4n) is 2.18. The highest BCUT2D eigenvalue weighted by molar-refractivity contribution is 7.93. The van der Waals surface area contributed by atoms with Crippen molar-refractivity contribution >= 4 is 44.4 Å². The Bertz CT molecular complexity index is 1120. The van der Waals surface area contributed by atoms with Crippen molar-refractivity contribution in [2.75, 3.05) is 11.8 Å². The number of hydrogen-bond donors (Lipinski definition) is 1. The molecule has 3 aromatic rings. The number of fused-ring (bicyclic) bond motifs is 1. The van der Waals surface area contributed by atoms with Crippen LogP contribution in [0.25, 0.3) is 11.0 Å². The van der Waals surface area contributed by atoms with Gasteiger partial charge in [0.05, 0.1) is 41.7 Å². The van der Waals surface area contributed by atoms with Crippen molar-refractivity contribution in [2.45, 2.75) is 4.90 Å². The Balaban J connectivity index is 2.11. The normalized spacial score (nSPS) is 11.0. The van der Waals surface area contributed by atoms with Crippen LogP contribution in [-0.4, -0.2) is 30.2 Å². The summed E-state index contributed by atoms with van der Waals surface area (Å²) < 4.78 is 40.5. The Morgan fingerprint density at radius 3 is 2.80 bits per heavy atom. The van der Waals surface area contributed by atoms with E-state index in [1.54, 1.807) is 12.1 Å². The van der Waals surface area contributed by atoms with E-state index in [2.05, 4.69) is 18.2 Å². The molecule has 0 aliphatic rings. The van der Waals surface area contributed by atoms with E-state index in [0.29, 0.717) is 5.52 Å². The molecule has 1 N–H and O–H groups in total. The van der Waals surface area contributed by atoms with Crippen LogP contribution in [0.5, 0.6) is 0 Å². The number of carbonyl (C=O) groups excluding carboxylic acids is 1. The second-order valence-electron chi connectivity index (χ2n) is 4.86. The van der Waals surface area contributed by atoms with E-state index >= 15 is 0 Å². The van der Waals surface area contributed by atoms with Crippen LogP contribution >= 0.6 is 11.7 Å². The number of esters is 1. The van der Waals surface area contributed by atoms with Crippen molar-refractivity contribution in [1.82, 2.24) is 8.75 Å². The number of rotatable bonds is 4. The van der Waals surface area contributed by atoms with E-state index in [1.807, 2.05) is 6.07 Å². The van der Waals surface area contributed by atoms with E-state index in [4.69, 9.17) is 5.26 Å². The van der Waals surface area contributed by atoms with Gasteiger partial charge in [-0.25, -0.2) is 13.2 Å². The van der Waals surface area contributed by atoms with Crippen LogP contribution in [0.1, 0.15) is 15.9 Å². The van der Waals surface area contributed by atoms with Crippen LogP contribution in [0.2, 0.25) is 0 Å². The van der Waals surface area contributed by atoms with Crippen molar-refractivity contribution in [3.05, 3.63) is 47.5 Å². The van der Waals surface area contributed by atoms with Crippen molar-refractivity contribution in [3.8, 4) is 6.07 Å². The summed E-state index contributed by atoms with van der Waals surface area (Å²) in [5, 5.41) is 9.02. The van der Waals surface area contributed by atoms with Gasteiger partial charge in [0.25, 0.3) is 10.0 Å². The van der Waals surface area contributed by atoms with Gasteiger partial charge in [0.15, 0.2) is 0 Å². The summed E-state index contributed by atoms with van der Waals surface area (Å²) in [5.41, 5.74) is 0.821. The second kappa shape index (κ2) is 6.46. The Morgan fingerprint density at radius 2 is 2.08 bits per heavy atom. The molecule has 10 heteroatoms. The number of methoxy groups -OCH3 is 1. The molecule has 1 aromatic heterocycles. The summed E-state index contributed by atoms with van der Waals surface area (Å²) in [6, 6.07) is 10.5. The van der Waals surface area contributed by atoms with Crippen LogP contribution < -0.4 is 4.72 Å². The van der Waals surface area contributed by atoms with Gasteiger partial charge in [-0.05, 0) is 30.3 Å². The molecule has 3 rings (SSSR count). The number of nitrogens with zero attached hydrogens (tertiary/aromatic N) is 3. The number of nitriles is 1. The number of hydrogen-bond acceptors (Lipinski definition) is 8. The van der Waals surface area contributed by atoms with Gasteiger partial charge >= 0.3 is 5.97 Å². The maximum Gasteiger partial charge on any atom is 0.339 e. The number of carbonyl (C=O) groups is 1. The molecule has 0 amide bonds. The fourth-order valence-corrected chi connectivity index (χ4v) is 4.02. The van der Waals surface area contributed by atoms with Gasteiger partial charge in [-0.3, -0.25) is 4.72 Å². The highest BCUT2D eigenvalue weighted by Crippen LogP contribution is 2.26. The average Bonchev–Trinajstić information content (AvgIpc) is 3.09.